The number of rotatable bonds is 5. The minimum atomic E-state index is 0.0642. The number of nitrogens with zero attached hydrogens (tertiary/aromatic N) is 4. The molecule has 0 aliphatic carbocycles. The quantitative estimate of drug-likeness (QED) is 0.468. The molecule has 2 aromatic carbocycles. The summed E-state index contributed by atoms with van der Waals surface area (Å²) in [5.41, 5.74) is 4.07. The number of hydrogen-bond acceptors (Lipinski definition) is 4. The van der Waals surface area contributed by atoms with E-state index in [9.17, 15) is 4.79 Å². The summed E-state index contributed by atoms with van der Waals surface area (Å²) in [5, 5.41) is 1.17. The van der Waals surface area contributed by atoms with Crippen LogP contribution in [0.15, 0.2) is 73.2 Å². The highest BCUT2D eigenvalue weighted by molar-refractivity contribution is 5.94. The summed E-state index contributed by atoms with van der Waals surface area (Å²) in [5.74, 6) is 1.26. The van der Waals surface area contributed by atoms with Gasteiger partial charge in [-0.15, -0.1) is 0 Å². The third kappa shape index (κ3) is 4.81. The van der Waals surface area contributed by atoms with Crippen LogP contribution >= 0.6 is 0 Å². The van der Waals surface area contributed by atoms with Gasteiger partial charge >= 0.3 is 0 Å². The van der Waals surface area contributed by atoms with Crippen molar-refractivity contribution in [2.75, 3.05) is 26.3 Å². The molecule has 0 spiro atoms. The summed E-state index contributed by atoms with van der Waals surface area (Å²) >= 11 is 0. The molecule has 5 rings (SSSR count). The summed E-state index contributed by atoms with van der Waals surface area (Å²) in [6.45, 7) is 5.19. The van der Waals surface area contributed by atoms with Crippen molar-refractivity contribution in [1.82, 2.24) is 19.4 Å². The zero-order valence-electron chi connectivity index (χ0n) is 18.9. The van der Waals surface area contributed by atoms with E-state index in [2.05, 4.69) is 38.8 Å². The van der Waals surface area contributed by atoms with Gasteiger partial charge in [0.05, 0.1) is 18.7 Å². The molecule has 4 aromatic rings. The number of ether oxygens (including phenoxy) is 1. The number of hydrogen-bond donors (Lipinski definition) is 0. The van der Waals surface area contributed by atoms with Crippen LogP contribution in [0.1, 0.15) is 27.3 Å². The first-order valence-electron chi connectivity index (χ1n) is 11.4. The van der Waals surface area contributed by atoms with E-state index in [1.165, 1.54) is 10.9 Å². The third-order valence-corrected chi connectivity index (χ3v) is 6.32. The Bertz CT molecular complexity index is 1260. The molecule has 1 saturated heterocycles. The molecule has 0 unspecified atom stereocenters. The minimum Gasteiger partial charge on any atom is -0.379 e. The first-order chi connectivity index (χ1) is 16.2. The highest BCUT2D eigenvalue weighted by Gasteiger charge is 2.24. The lowest BCUT2D eigenvalue weighted by Gasteiger charge is -2.24. The monoisotopic (exact) mass is 440 g/mol. The molecule has 0 N–H and O–H groups in total. The van der Waals surface area contributed by atoms with Crippen molar-refractivity contribution in [2.24, 2.45) is 5.92 Å². The molecule has 168 valence electrons. The maximum Gasteiger partial charge on any atom is 0.253 e. The second kappa shape index (κ2) is 9.55. The van der Waals surface area contributed by atoms with E-state index < -0.39 is 0 Å². The van der Waals surface area contributed by atoms with E-state index in [0.29, 0.717) is 32.8 Å². The molecular weight excluding hydrogens is 412 g/mol. The van der Waals surface area contributed by atoms with Crippen LogP contribution in [0.5, 0.6) is 0 Å². The topological polar surface area (TPSA) is 60.2 Å². The molecule has 33 heavy (non-hydrogen) atoms. The van der Waals surface area contributed by atoms with Gasteiger partial charge in [0, 0.05) is 55.1 Å². The SMILES string of the molecule is Cc1nccn1Cc1cccc(C(=O)N2CCOC[C@@H](Cc3cccc4ncccc34)C2)c1. The molecule has 6 nitrogen and oxygen atoms in total. The Morgan fingerprint density at radius 1 is 1.09 bits per heavy atom. The van der Waals surface area contributed by atoms with E-state index >= 15 is 0 Å². The van der Waals surface area contributed by atoms with E-state index in [0.717, 1.165) is 28.9 Å². The van der Waals surface area contributed by atoms with E-state index in [1.54, 1.807) is 6.20 Å². The predicted octanol–water partition coefficient (Wildman–Crippen LogP) is 4.12. The molecule has 0 bridgehead atoms. The Hall–Kier alpha value is -3.51. The Kier molecular flexibility index (Phi) is 6.17. The average Bonchev–Trinajstić information content (AvgIpc) is 3.10. The van der Waals surface area contributed by atoms with Crippen molar-refractivity contribution in [3.63, 3.8) is 0 Å². The van der Waals surface area contributed by atoms with E-state index in [1.807, 2.05) is 54.5 Å². The molecule has 1 amide bonds. The maximum atomic E-state index is 13.4. The number of pyridine rings is 1. The van der Waals surface area contributed by atoms with Gasteiger partial charge in [0.15, 0.2) is 0 Å². The summed E-state index contributed by atoms with van der Waals surface area (Å²) in [6.07, 6.45) is 6.44. The number of fused-ring (bicyclic) bond motifs is 1. The molecule has 0 radical (unpaired) electrons. The number of imidazole rings is 1. The Morgan fingerprint density at radius 3 is 2.88 bits per heavy atom. The summed E-state index contributed by atoms with van der Waals surface area (Å²) < 4.78 is 7.98. The van der Waals surface area contributed by atoms with Gasteiger partial charge in [-0.1, -0.05) is 30.3 Å². The van der Waals surface area contributed by atoms with Gasteiger partial charge < -0.3 is 14.2 Å². The fourth-order valence-corrected chi connectivity index (χ4v) is 4.60. The van der Waals surface area contributed by atoms with Gasteiger partial charge in [-0.2, -0.15) is 0 Å². The van der Waals surface area contributed by atoms with Crippen LogP contribution in [-0.2, 0) is 17.7 Å². The van der Waals surface area contributed by atoms with Crippen LogP contribution in [0, 0.1) is 12.8 Å². The lowest BCUT2D eigenvalue weighted by molar-refractivity contribution is 0.0737. The standard InChI is InChI=1S/C27H28N4O2/c1-20-28-11-12-30(20)17-21-5-2-7-24(15-21)27(32)31-13-14-33-19-22(18-31)16-23-6-3-9-26-25(23)8-4-10-29-26/h2-12,15,22H,13-14,16-19H2,1H3/t22-/m0/s1. The van der Waals surface area contributed by atoms with Gasteiger partial charge in [-0.25, -0.2) is 4.98 Å². The second-order valence-electron chi connectivity index (χ2n) is 8.69. The number of aryl methyl sites for hydroxylation is 1. The summed E-state index contributed by atoms with van der Waals surface area (Å²) in [6, 6.07) is 18.3. The van der Waals surface area contributed by atoms with Gasteiger partial charge in [-0.05, 0) is 48.7 Å². The Labute approximate surface area is 193 Å². The van der Waals surface area contributed by atoms with Crippen molar-refractivity contribution in [2.45, 2.75) is 19.9 Å². The zero-order chi connectivity index (χ0) is 22.6. The van der Waals surface area contributed by atoms with Gasteiger partial charge in [-0.3, -0.25) is 9.78 Å². The molecule has 2 aromatic heterocycles. The number of amides is 1. The Morgan fingerprint density at radius 2 is 2.00 bits per heavy atom. The molecule has 6 heteroatoms. The molecular formula is C27H28N4O2. The van der Waals surface area contributed by atoms with E-state index in [-0.39, 0.29) is 11.8 Å². The fraction of sp³-hybridized carbons (Fsp3) is 0.296. The van der Waals surface area contributed by atoms with Crippen molar-refractivity contribution in [3.8, 4) is 0 Å². The summed E-state index contributed by atoms with van der Waals surface area (Å²) in [4.78, 5) is 24.1. The van der Waals surface area contributed by atoms with Crippen molar-refractivity contribution in [3.05, 3.63) is 95.7 Å². The maximum absolute atomic E-state index is 13.4. The highest BCUT2D eigenvalue weighted by Crippen LogP contribution is 2.22. The lowest BCUT2D eigenvalue weighted by atomic mass is 9.96. The first-order valence-corrected chi connectivity index (χ1v) is 11.4. The smallest absolute Gasteiger partial charge is 0.253 e. The largest absolute Gasteiger partial charge is 0.379 e. The third-order valence-electron chi connectivity index (χ3n) is 6.32. The van der Waals surface area contributed by atoms with Crippen LogP contribution in [0.3, 0.4) is 0 Å². The van der Waals surface area contributed by atoms with Crippen LogP contribution in [0.2, 0.25) is 0 Å². The number of carbonyl (C=O) groups excluding carboxylic acids is 1. The van der Waals surface area contributed by atoms with Gasteiger partial charge in [0.25, 0.3) is 5.91 Å². The van der Waals surface area contributed by atoms with Gasteiger partial charge in [0.2, 0.25) is 0 Å². The second-order valence-corrected chi connectivity index (χ2v) is 8.69. The first kappa shape index (κ1) is 21.3. The van der Waals surface area contributed by atoms with Crippen molar-refractivity contribution in [1.29, 1.82) is 0 Å². The number of carbonyl (C=O) groups is 1. The predicted molar refractivity (Wildman–Crippen MR) is 128 cm³/mol. The molecule has 1 fully saturated rings. The normalized spacial score (nSPS) is 16.6. The van der Waals surface area contributed by atoms with Crippen molar-refractivity contribution >= 4 is 16.8 Å². The summed E-state index contributed by atoms with van der Waals surface area (Å²) in [7, 11) is 0. The number of aromatic nitrogens is 3. The van der Waals surface area contributed by atoms with Crippen molar-refractivity contribution < 1.29 is 9.53 Å². The fourth-order valence-electron chi connectivity index (χ4n) is 4.60. The molecule has 1 atom stereocenters. The highest BCUT2D eigenvalue weighted by atomic mass is 16.5. The Balaban J connectivity index is 1.32. The average molecular weight is 441 g/mol. The molecule has 0 saturated carbocycles. The van der Waals surface area contributed by atoms with Gasteiger partial charge in [0.1, 0.15) is 5.82 Å². The van der Waals surface area contributed by atoms with Crippen LogP contribution < -0.4 is 0 Å². The zero-order valence-corrected chi connectivity index (χ0v) is 18.9. The minimum absolute atomic E-state index is 0.0642. The molecule has 1 aliphatic rings. The molecule has 1 aliphatic heterocycles. The molecule has 3 heterocycles. The van der Waals surface area contributed by atoms with Crippen LogP contribution in [0.4, 0.5) is 0 Å². The van der Waals surface area contributed by atoms with Crippen LogP contribution in [0.25, 0.3) is 10.9 Å². The lowest BCUT2D eigenvalue weighted by Crippen LogP contribution is -2.36. The van der Waals surface area contributed by atoms with Crippen LogP contribution in [-0.4, -0.2) is 51.6 Å². The van der Waals surface area contributed by atoms with E-state index in [4.69, 9.17) is 4.74 Å². The number of benzene rings is 2.